The normalized spacial score (nSPS) is 15.8. The topological polar surface area (TPSA) is 429 Å². The standard InChI is InChI=1S/C80H103N5O22S/c1-9-84-64-35-24-50(3)44-59(64)79(5,6)69(84)22-16-12-11-13-17-23-70-80(7,8)60-49-58(108(104,105)106)32-36-65(60)85(70)42-18-14-15-20-57(87)46-54(29-37-71(91)92)76(101)81-61(33-40-74(97)98)67(89)47-55(30-38-72(93)94)77(102)82-62(34-41-75(99)100)68(90)48-56(31-39-73(95)96)78(103)83-63(66(88)21-19-43-107-10-2)45-52-25-27-53(28-26-52)51(4)86/h11-13,16-17,22-28,32,35-36,44,49,54-56,61-63H,9-10,14-15,18-21,29-31,33-34,37-43,45-48H2,1-8H3,(H8-,81,82,83,91,92,93,94,95,96,97,98,99,100,101,102,103,104,105,106)/p+1/t54-,55-,56-,61+,62+,63-/m0/s1. The van der Waals surface area contributed by atoms with Crippen LogP contribution in [0.5, 0.6) is 0 Å². The summed E-state index contributed by atoms with van der Waals surface area (Å²) in [5.41, 5.74) is 6.91. The van der Waals surface area contributed by atoms with Crippen molar-refractivity contribution in [3.8, 4) is 0 Å². The number of unbranched alkanes of at least 4 members (excludes halogenated alkanes) is 2. The maximum absolute atomic E-state index is 14.4. The van der Waals surface area contributed by atoms with Crippen LogP contribution in [0.25, 0.3) is 0 Å². The number of amides is 3. The molecule has 0 radical (unpaired) electrons. The van der Waals surface area contributed by atoms with Crippen molar-refractivity contribution >= 4 is 104 Å². The van der Waals surface area contributed by atoms with Crippen LogP contribution in [-0.4, -0.2) is 170 Å². The van der Waals surface area contributed by atoms with Gasteiger partial charge >= 0.3 is 29.8 Å². The molecule has 3 amide bonds. The van der Waals surface area contributed by atoms with Gasteiger partial charge in [-0.15, -0.1) is 0 Å². The first-order valence-electron chi connectivity index (χ1n) is 36.5. The molecule has 28 heteroatoms. The average Bonchev–Trinajstić information content (AvgIpc) is 1.59. The van der Waals surface area contributed by atoms with Crippen LogP contribution in [0, 0.1) is 24.7 Å². The zero-order valence-electron chi connectivity index (χ0n) is 62.8. The minimum absolute atomic E-state index is 0.0623. The highest BCUT2D eigenvalue weighted by molar-refractivity contribution is 7.85. The lowest BCUT2D eigenvalue weighted by Crippen LogP contribution is -2.49. The monoisotopic (exact) mass is 1520 g/mol. The van der Waals surface area contributed by atoms with E-state index in [4.69, 9.17) is 4.74 Å². The van der Waals surface area contributed by atoms with Crippen molar-refractivity contribution in [3.05, 3.63) is 137 Å². The first-order chi connectivity index (χ1) is 50.9. The predicted molar refractivity (Wildman–Crippen MR) is 401 cm³/mol. The first-order valence-corrected chi connectivity index (χ1v) is 38.0. The number of hydrogen-bond donors (Lipinski definition) is 9. The highest BCUT2D eigenvalue weighted by atomic mass is 32.2. The Morgan fingerprint density at radius 2 is 1.06 bits per heavy atom. The fourth-order valence-electron chi connectivity index (χ4n) is 13.5. The zero-order valence-corrected chi connectivity index (χ0v) is 63.6. The number of ketones is 5. The van der Waals surface area contributed by atoms with Gasteiger partial charge in [0.15, 0.2) is 28.8 Å². The molecule has 0 saturated carbocycles. The summed E-state index contributed by atoms with van der Waals surface area (Å²) in [5.74, 6) is -17.8. The number of Topliss-reactive ketones (excluding diaryl/α,β-unsaturated/α-hetero) is 5. The molecule has 2 aliphatic heterocycles. The Kier molecular flexibility index (Phi) is 34.5. The Bertz CT molecular complexity index is 4090. The summed E-state index contributed by atoms with van der Waals surface area (Å²) in [6, 6.07) is 12.4. The third kappa shape index (κ3) is 27.1. The Morgan fingerprint density at radius 1 is 0.546 bits per heavy atom. The van der Waals surface area contributed by atoms with Gasteiger partial charge in [0.05, 0.1) is 28.4 Å². The molecule has 0 fully saturated rings. The van der Waals surface area contributed by atoms with Gasteiger partial charge in [0, 0.05) is 148 Å². The van der Waals surface area contributed by atoms with Gasteiger partial charge in [0.25, 0.3) is 10.1 Å². The smallest absolute Gasteiger partial charge is 0.303 e. The summed E-state index contributed by atoms with van der Waals surface area (Å²) in [7, 11) is -4.56. The third-order valence-electron chi connectivity index (χ3n) is 19.5. The van der Waals surface area contributed by atoms with E-state index in [9.17, 15) is 101 Å². The van der Waals surface area contributed by atoms with E-state index in [0.29, 0.717) is 54.8 Å². The second kappa shape index (κ2) is 42.0. The SMILES string of the molecule is CCOCCCC(=O)[C@H](Cc1ccc(C(C)=O)cc1)NC(=O)[C@@H](CCC(=O)O)CC(=O)[C@@H](CCC(=O)O)NC(=O)[C@@H](CCC(=O)O)CC(=O)[C@@H](CCC(=O)O)NC(=O)[C@@H](CCC(=O)O)CC(=O)CCCCC[N+]1=C(C=CC=CC=CC=C2N(CC)c3ccc(C)cc3C2(C)C)C(C)(C)c2cc(S(=O)(=O)O)ccc21. The van der Waals surface area contributed by atoms with E-state index in [-0.39, 0.29) is 48.4 Å². The molecule has 27 nitrogen and oxygen atoms in total. The van der Waals surface area contributed by atoms with Gasteiger partial charge < -0.3 is 51.1 Å². The number of carbonyl (C=O) groups is 13. The number of aryl methyl sites for hydroxylation is 1. The largest absolute Gasteiger partial charge is 0.481 e. The molecule has 586 valence electrons. The van der Waals surface area contributed by atoms with Crippen molar-refractivity contribution in [3.63, 3.8) is 0 Å². The second-order valence-electron chi connectivity index (χ2n) is 28.4. The number of likely N-dealkylation sites (N-methyl/N-ethyl adjacent to an activating group) is 1. The number of nitrogens with zero attached hydrogens (tertiary/aromatic N) is 2. The van der Waals surface area contributed by atoms with E-state index >= 15 is 0 Å². The highest BCUT2D eigenvalue weighted by Crippen LogP contribution is 2.48. The van der Waals surface area contributed by atoms with Crippen molar-refractivity contribution in [1.82, 2.24) is 16.0 Å². The highest BCUT2D eigenvalue weighted by Gasteiger charge is 2.45. The zero-order chi connectivity index (χ0) is 80.2. The minimum atomic E-state index is -4.56. The van der Waals surface area contributed by atoms with Crippen molar-refractivity contribution < 1.29 is 110 Å². The van der Waals surface area contributed by atoms with E-state index in [0.717, 1.165) is 12.3 Å². The molecule has 0 spiro atoms. The molecule has 0 aliphatic carbocycles. The number of rotatable bonds is 50. The predicted octanol–water partition coefficient (Wildman–Crippen LogP) is 9.88. The van der Waals surface area contributed by atoms with Crippen LogP contribution < -0.4 is 20.9 Å². The third-order valence-corrected chi connectivity index (χ3v) is 20.4. The Morgan fingerprint density at radius 3 is 1.56 bits per heavy atom. The lowest BCUT2D eigenvalue weighted by molar-refractivity contribution is -0.438. The van der Waals surface area contributed by atoms with Gasteiger partial charge in [-0.1, -0.05) is 86.2 Å². The quantitative estimate of drug-likeness (QED) is 0.00834. The van der Waals surface area contributed by atoms with Crippen molar-refractivity contribution in [2.75, 3.05) is 31.2 Å². The number of anilines is 1. The number of fused-ring (bicyclic) bond motifs is 2. The Balaban J connectivity index is 1.31. The molecular formula is C80H104N5O22S+. The number of aliphatic carboxylic acids is 5. The number of nitrogens with one attached hydrogen (secondary N) is 3. The van der Waals surface area contributed by atoms with Crippen LogP contribution in [-0.2, 0) is 89.6 Å². The fraction of sp³-hybridized carbons (Fsp3) is 0.500. The van der Waals surface area contributed by atoms with E-state index in [1.165, 1.54) is 53.7 Å². The minimum Gasteiger partial charge on any atom is -0.481 e. The average molecular weight is 1520 g/mol. The van der Waals surface area contributed by atoms with E-state index < -0.39 is 206 Å². The second-order valence-corrected chi connectivity index (χ2v) is 29.9. The summed E-state index contributed by atoms with van der Waals surface area (Å²) >= 11 is 0. The molecule has 0 unspecified atom stereocenters. The number of carboxylic acids is 5. The molecule has 2 heterocycles. The molecule has 9 N–H and O–H groups in total. The van der Waals surface area contributed by atoms with E-state index in [1.807, 2.05) is 54.9 Å². The molecule has 5 rings (SSSR count). The van der Waals surface area contributed by atoms with Crippen molar-refractivity contribution in [2.24, 2.45) is 17.8 Å². The molecule has 0 bridgehead atoms. The lowest BCUT2D eigenvalue weighted by Gasteiger charge is -2.26. The first kappa shape index (κ1) is 88.7. The van der Waals surface area contributed by atoms with Crippen LogP contribution in [0.15, 0.2) is 114 Å². The summed E-state index contributed by atoms with van der Waals surface area (Å²) in [6.45, 7) is 17.4. The molecule has 2 aliphatic rings. The van der Waals surface area contributed by atoms with Gasteiger partial charge in [-0.25, -0.2) is 0 Å². The van der Waals surface area contributed by atoms with Gasteiger partial charge in [0.2, 0.25) is 23.4 Å². The summed E-state index contributed by atoms with van der Waals surface area (Å²) in [5, 5.41) is 56.1. The van der Waals surface area contributed by atoms with Gasteiger partial charge in [0.1, 0.15) is 12.3 Å². The molecule has 3 aromatic carbocycles. The van der Waals surface area contributed by atoms with Gasteiger partial charge in [-0.3, -0.25) is 66.9 Å². The molecule has 0 saturated heterocycles. The van der Waals surface area contributed by atoms with Crippen LogP contribution in [0.2, 0.25) is 0 Å². The molecule has 108 heavy (non-hydrogen) atoms. The fourth-order valence-corrected chi connectivity index (χ4v) is 14.0. The van der Waals surface area contributed by atoms with Crippen molar-refractivity contribution in [1.29, 1.82) is 0 Å². The van der Waals surface area contributed by atoms with Crippen LogP contribution in [0.3, 0.4) is 0 Å². The Labute approximate surface area is 630 Å². The maximum Gasteiger partial charge on any atom is 0.303 e. The summed E-state index contributed by atoms with van der Waals surface area (Å²) in [6.07, 6.45) is 6.41. The summed E-state index contributed by atoms with van der Waals surface area (Å²) in [4.78, 5) is 173. The van der Waals surface area contributed by atoms with Gasteiger partial charge in [-0.05, 0) is 135 Å². The van der Waals surface area contributed by atoms with E-state index in [1.54, 1.807) is 25.1 Å². The number of carbonyl (C=O) groups excluding carboxylic acids is 8. The van der Waals surface area contributed by atoms with Crippen LogP contribution in [0.1, 0.15) is 203 Å². The van der Waals surface area contributed by atoms with Crippen LogP contribution in [0.4, 0.5) is 11.4 Å². The lowest BCUT2D eigenvalue weighted by atomic mass is 9.81. The molecular weight excluding hydrogens is 1410 g/mol. The molecule has 0 aromatic heterocycles. The number of hydrogen-bond acceptors (Lipinski definition) is 17. The van der Waals surface area contributed by atoms with E-state index in [2.05, 4.69) is 72.8 Å². The summed E-state index contributed by atoms with van der Waals surface area (Å²) < 4.78 is 42.1. The molecule has 3 aromatic rings. The Hall–Kier alpha value is -9.93. The number of benzene rings is 3. The van der Waals surface area contributed by atoms with Gasteiger partial charge in [-0.2, -0.15) is 13.0 Å². The van der Waals surface area contributed by atoms with Crippen LogP contribution >= 0.6 is 0 Å². The van der Waals surface area contributed by atoms with Crippen molar-refractivity contribution in [2.45, 2.75) is 218 Å². The number of carboxylic acid groups (broad SMARTS) is 5. The number of ether oxygens (including phenoxy) is 1. The number of allylic oxidation sites excluding steroid dienone is 8. The molecule has 6 atom stereocenters. The maximum atomic E-state index is 14.4.